The Bertz CT molecular complexity index is 4650. The largest absolute Gasteiger partial charge is 0.307 e. The van der Waals surface area contributed by atoms with Crippen LogP contribution in [0.15, 0.2) is 206 Å². The predicted octanol–water partition coefficient (Wildman–Crippen LogP) is 22.3. The Hall–Kier alpha value is -9.12. The van der Waals surface area contributed by atoms with E-state index in [-0.39, 0.29) is 11.8 Å². The summed E-state index contributed by atoms with van der Waals surface area (Å²) in [6.07, 6.45) is 9.11. The minimum Gasteiger partial charge on any atom is -0.307 e. The van der Waals surface area contributed by atoms with Gasteiger partial charge in [0.25, 0.3) is 0 Å². The van der Waals surface area contributed by atoms with E-state index in [4.69, 9.17) is 0 Å². The molecule has 14 aromatic rings. The molecule has 0 saturated heterocycles. The molecule has 0 saturated carbocycles. The smallest absolute Gasteiger partial charge is 0.0782 e. The third-order valence-corrected chi connectivity index (χ3v) is 19.2. The van der Waals surface area contributed by atoms with Crippen molar-refractivity contribution in [2.75, 3.05) is 9.80 Å². The molecule has 0 atom stereocenters. The number of nitrogens with zero attached hydrogens (tertiary/aromatic N) is 4. The van der Waals surface area contributed by atoms with Crippen LogP contribution in [0.5, 0.6) is 0 Å². The molecule has 0 bridgehead atoms. The van der Waals surface area contributed by atoms with Crippen LogP contribution in [-0.2, 0) is 25.7 Å². The number of aromatic nitrogens is 2. The van der Waals surface area contributed by atoms with Crippen LogP contribution in [0, 0.1) is 13.8 Å². The first kappa shape index (κ1) is 50.6. The molecule has 0 unspecified atom stereocenters. The zero-order valence-electron chi connectivity index (χ0n) is 49.2. The van der Waals surface area contributed by atoms with E-state index in [9.17, 15) is 0 Å². The van der Waals surface area contributed by atoms with Crippen molar-refractivity contribution in [3.63, 3.8) is 0 Å². The fourth-order valence-corrected chi connectivity index (χ4v) is 15.5. The van der Waals surface area contributed by atoms with Crippen LogP contribution in [0.4, 0.5) is 34.1 Å². The Morgan fingerprint density at radius 1 is 0.321 bits per heavy atom. The van der Waals surface area contributed by atoms with E-state index in [0.717, 1.165) is 25.7 Å². The molecule has 12 aromatic carbocycles. The normalized spacial score (nSPS) is 13.7. The van der Waals surface area contributed by atoms with E-state index in [1.165, 1.54) is 192 Å². The molecule has 0 amide bonds. The van der Waals surface area contributed by atoms with Gasteiger partial charge in [-0.15, -0.1) is 0 Å². The van der Waals surface area contributed by atoms with Gasteiger partial charge in [-0.3, -0.25) is 0 Å². The molecule has 2 heterocycles. The first-order chi connectivity index (χ1) is 41.2. The zero-order valence-corrected chi connectivity index (χ0v) is 49.2. The van der Waals surface area contributed by atoms with Gasteiger partial charge in [-0.1, -0.05) is 161 Å². The molecule has 0 aliphatic heterocycles. The number of para-hydroxylation sites is 4. The zero-order chi connectivity index (χ0) is 56.5. The first-order valence-corrected chi connectivity index (χ1v) is 31.0. The first-order valence-electron chi connectivity index (χ1n) is 31.0. The van der Waals surface area contributed by atoms with Crippen molar-refractivity contribution in [1.29, 1.82) is 0 Å². The summed E-state index contributed by atoms with van der Waals surface area (Å²) in [6.45, 7) is 14.0. The van der Waals surface area contributed by atoms with Gasteiger partial charge in [0.2, 0.25) is 0 Å². The molecule has 2 aromatic heterocycles. The van der Waals surface area contributed by atoms with Crippen molar-refractivity contribution in [3.8, 4) is 11.4 Å². The minimum atomic E-state index is 0.243. The molecule has 4 nitrogen and oxygen atoms in total. The van der Waals surface area contributed by atoms with E-state index < -0.39 is 0 Å². The molecule has 0 N–H and O–H groups in total. The van der Waals surface area contributed by atoms with E-state index in [1.54, 1.807) is 0 Å². The van der Waals surface area contributed by atoms with Gasteiger partial charge in [-0.05, 0) is 216 Å². The Labute approximate surface area is 493 Å². The van der Waals surface area contributed by atoms with Crippen LogP contribution in [0.3, 0.4) is 0 Å². The van der Waals surface area contributed by atoms with Gasteiger partial charge < -0.3 is 18.9 Å². The summed E-state index contributed by atoms with van der Waals surface area (Å²) in [5.74, 6) is 0.485. The highest BCUT2D eigenvalue weighted by atomic mass is 15.2. The maximum Gasteiger partial charge on any atom is 0.0782 e. The monoisotopic (exact) mass is 1090 g/mol. The highest BCUT2D eigenvalue weighted by Crippen LogP contribution is 2.55. The molecule has 2 aliphatic carbocycles. The molecule has 16 rings (SSSR count). The van der Waals surface area contributed by atoms with Gasteiger partial charge in [0, 0.05) is 55.1 Å². The molecule has 2 aliphatic rings. The number of hydrogen-bond acceptors (Lipinski definition) is 2. The van der Waals surface area contributed by atoms with Crippen LogP contribution >= 0.6 is 0 Å². The third-order valence-electron chi connectivity index (χ3n) is 19.2. The van der Waals surface area contributed by atoms with Crippen LogP contribution in [0.25, 0.3) is 87.3 Å². The summed E-state index contributed by atoms with van der Waals surface area (Å²) < 4.78 is 5.09. The minimum absolute atomic E-state index is 0.243. The summed E-state index contributed by atoms with van der Waals surface area (Å²) in [7, 11) is 0. The van der Waals surface area contributed by atoms with E-state index in [0.29, 0.717) is 0 Å². The number of fused-ring (bicyclic) bond motifs is 8. The summed E-state index contributed by atoms with van der Waals surface area (Å²) in [6, 6.07) is 79.8. The maximum absolute atomic E-state index is 2.72. The van der Waals surface area contributed by atoms with E-state index in [1.807, 2.05) is 0 Å². The molecule has 84 heavy (non-hydrogen) atoms. The number of anilines is 6. The Morgan fingerprint density at radius 3 is 1.14 bits per heavy atom. The molecule has 410 valence electrons. The number of hydrogen-bond donors (Lipinski definition) is 0. The van der Waals surface area contributed by atoms with Gasteiger partial charge in [0.15, 0.2) is 0 Å². The summed E-state index contributed by atoms with van der Waals surface area (Å²) in [5, 5.41) is 12.9. The van der Waals surface area contributed by atoms with Crippen LogP contribution in [0.2, 0.25) is 0 Å². The van der Waals surface area contributed by atoms with Gasteiger partial charge in [-0.2, -0.15) is 0 Å². The van der Waals surface area contributed by atoms with Crippen molar-refractivity contribution < 1.29 is 0 Å². The van der Waals surface area contributed by atoms with Crippen molar-refractivity contribution in [2.45, 2.75) is 105 Å². The fourth-order valence-electron chi connectivity index (χ4n) is 15.5. The fraction of sp³-hybridized carbons (Fsp3) is 0.200. The SMILES string of the molecule is Cc1cccc(-n2c3ccccc3c3cccc(N(c4cccc5c4CCCC5)c4cc(C(C)C)c5ccc6c(N(c7cccc8c7CCCC8)c7cccc8c9ccccc9n(-c9cccc(C)c9)c78)cc(C(C)C)c7ccc4c5c76)c32)c1. The predicted molar refractivity (Wildman–Crippen MR) is 359 cm³/mol. The van der Waals surface area contributed by atoms with Gasteiger partial charge in [0.05, 0.1) is 44.8 Å². The van der Waals surface area contributed by atoms with Crippen LogP contribution in [-0.4, -0.2) is 9.13 Å². The molecule has 0 spiro atoms. The Balaban J connectivity index is 1.05. The molecule has 4 heteroatoms. The lowest BCUT2D eigenvalue weighted by Gasteiger charge is -2.34. The van der Waals surface area contributed by atoms with Crippen molar-refractivity contribution in [1.82, 2.24) is 9.13 Å². The second kappa shape index (κ2) is 19.8. The van der Waals surface area contributed by atoms with Gasteiger partial charge in [-0.25, -0.2) is 0 Å². The lowest BCUT2D eigenvalue weighted by atomic mass is 9.83. The second-order valence-electron chi connectivity index (χ2n) is 25.0. The lowest BCUT2D eigenvalue weighted by Crippen LogP contribution is -2.18. The van der Waals surface area contributed by atoms with Crippen molar-refractivity contribution in [2.24, 2.45) is 0 Å². The maximum atomic E-state index is 2.72. The molecule has 0 fully saturated rings. The molecular formula is C80H70N4. The average molecular weight is 1090 g/mol. The van der Waals surface area contributed by atoms with Gasteiger partial charge >= 0.3 is 0 Å². The van der Waals surface area contributed by atoms with Gasteiger partial charge in [0.1, 0.15) is 0 Å². The molecular weight excluding hydrogens is 1020 g/mol. The highest BCUT2D eigenvalue weighted by molar-refractivity contribution is 6.30. The average Bonchev–Trinajstić information content (AvgIpc) is 1.50. The van der Waals surface area contributed by atoms with Crippen molar-refractivity contribution >= 4 is 110 Å². The van der Waals surface area contributed by atoms with Crippen molar-refractivity contribution in [3.05, 3.63) is 251 Å². The number of benzene rings is 12. The van der Waals surface area contributed by atoms with Crippen LogP contribution in [0.1, 0.15) is 110 Å². The molecule has 0 radical (unpaired) electrons. The topological polar surface area (TPSA) is 16.3 Å². The standard InChI is InChI=1S/C80H70N4/c1-49(2)67-47-75(83(69-37-17-25-53-23-7-9-29-57(53)69)73-39-19-33-63-59-31-11-13-35-71(59)81(79(63)73)55-27-15-21-51(5)45-55)65-44-42-62-68(50(3)4)48-76(66-43-41-61(67)77(65)78(62)66)84(70-38-18-26-54-24-8-10-30-58(54)70)74-40-20-34-64-60-32-12-14-36-72(60)82(80(64)74)56-28-16-22-52(6)46-56/h11-22,25-28,31-50H,7-10,23-24,29-30H2,1-6H3. The number of rotatable bonds is 10. The third kappa shape index (κ3) is 7.72. The quantitative estimate of drug-likeness (QED) is 0.127. The van der Waals surface area contributed by atoms with E-state index >= 15 is 0 Å². The second-order valence-corrected chi connectivity index (χ2v) is 25.0. The number of aryl methyl sites for hydroxylation is 4. The van der Waals surface area contributed by atoms with Crippen LogP contribution < -0.4 is 9.80 Å². The Kier molecular flexibility index (Phi) is 11.9. The summed E-state index contributed by atoms with van der Waals surface area (Å²) in [4.78, 5) is 5.43. The lowest BCUT2D eigenvalue weighted by molar-refractivity contribution is 0.686. The summed E-state index contributed by atoms with van der Waals surface area (Å²) >= 11 is 0. The Morgan fingerprint density at radius 2 is 0.702 bits per heavy atom. The van der Waals surface area contributed by atoms with E-state index in [2.05, 4.69) is 267 Å². The highest BCUT2D eigenvalue weighted by Gasteiger charge is 2.32. The summed E-state index contributed by atoms with van der Waals surface area (Å²) in [5.41, 5.74) is 25.7.